The zero-order chi connectivity index (χ0) is 14.0. The van der Waals surface area contributed by atoms with Crippen LogP contribution < -0.4 is 5.32 Å². The van der Waals surface area contributed by atoms with Crippen LogP contribution in [-0.4, -0.2) is 16.2 Å². The summed E-state index contributed by atoms with van der Waals surface area (Å²) in [7, 11) is 0. The predicted molar refractivity (Wildman–Crippen MR) is 68.9 cm³/mol. The summed E-state index contributed by atoms with van der Waals surface area (Å²) in [5.41, 5.74) is 3.27. The van der Waals surface area contributed by atoms with Crippen LogP contribution in [0.25, 0.3) is 0 Å². The number of carbonyl (C=O) groups is 1. The number of nitrogens with one attached hydrogen (secondary N) is 1. The Balaban J connectivity index is 2.07. The fourth-order valence-electron chi connectivity index (χ4n) is 1.90. The van der Waals surface area contributed by atoms with Crippen molar-refractivity contribution >= 4 is 11.8 Å². The molecule has 2 aromatic heterocycles. The molecule has 2 aromatic rings. The molecule has 0 aliphatic rings. The largest absolute Gasteiger partial charge is 0.361 e. The highest BCUT2D eigenvalue weighted by atomic mass is 16.5. The van der Waals surface area contributed by atoms with Crippen LogP contribution in [0.5, 0.6) is 0 Å². The average Bonchev–Trinajstić information content (AvgIpc) is 2.87. The normalized spacial score (nSPS) is 10.7. The molecule has 0 aliphatic carbocycles. The van der Waals surface area contributed by atoms with Gasteiger partial charge in [-0.25, -0.2) is 0 Å². The highest BCUT2D eigenvalue weighted by Gasteiger charge is 2.17. The van der Waals surface area contributed by atoms with Gasteiger partial charge < -0.3 is 9.05 Å². The summed E-state index contributed by atoms with van der Waals surface area (Å²) in [5.74, 6) is 0.904. The van der Waals surface area contributed by atoms with E-state index in [1.54, 1.807) is 6.92 Å². The van der Waals surface area contributed by atoms with Gasteiger partial charge in [0.1, 0.15) is 5.76 Å². The van der Waals surface area contributed by atoms with Gasteiger partial charge in [-0.15, -0.1) is 0 Å². The van der Waals surface area contributed by atoms with Crippen LogP contribution in [0.4, 0.5) is 5.88 Å². The fourth-order valence-corrected chi connectivity index (χ4v) is 1.90. The molecule has 6 heteroatoms. The van der Waals surface area contributed by atoms with Gasteiger partial charge in [0.2, 0.25) is 11.8 Å². The Hall–Kier alpha value is -2.11. The summed E-state index contributed by atoms with van der Waals surface area (Å²) >= 11 is 0. The third-order valence-electron chi connectivity index (χ3n) is 3.13. The second-order valence-electron chi connectivity index (χ2n) is 4.46. The lowest BCUT2D eigenvalue weighted by atomic mass is 10.1. The highest BCUT2D eigenvalue weighted by Crippen LogP contribution is 2.20. The Morgan fingerprint density at radius 3 is 2.47 bits per heavy atom. The molecule has 0 spiro atoms. The molecule has 0 radical (unpaired) electrons. The van der Waals surface area contributed by atoms with E-state index in [0.717, 1.165) is 28.9 Å². The van der Waals surface area contributed by atoms with E-state index >= 15 is 0 Å². The maximum atomic E-state index is 12.0. The van der Waals surface area contributed by atoms with Crippen LogP contribution in [0.2, 0.25) is 0 Å². The van der Waals surface area contributed by atoms with E-state index in [1.807, 2.05) is 20.8 Å². The monoisotopic (exact) mass is 263 g/mol. The van der Waals surface area contributed by atoms with Gasteiger partial charge in [0, 0.05) is 11.1 Å². The number of nitrogens with zero attached hydrogens (tertiary/aromatic N) is 2. The molecule has 6 nitrogen and oxygen atoms in total. The smallest absolute Gasteiger partial charge is 0.234 e. The molecule has 19 heavy (non-hydrogen) atoms. The number of hydrogen-bond donors (Lipinski definition) is 1. The minimum atomic E-state index is -0.170. The van der Waals surface area contributed by atoms with Crippen LogP contribution in [0.15, 0.2) is 9.05 Å². The number of carbonyl (C=O) groups excluding carboxylic acids is 1. The first-order valence-corrected chi connectivity index (χ1v) is 6.19. The number of anilines is 1. The summed E-state index contributed by atoms with van der Waals surface area (Å²) in [5, 5.41) is 10.4. The molecule has 0 unspecified atom stereocenters. The topological polar surface area (TPSA) is 81.2 Å². The molecule has 0 atom stereocenters. The van der Waals surface area contributed by atoms with Crippen molar-refractivity contribution in [2.24, 2.45) is 0 Å². The van der Waals surface area contributed by atoms with Crippen molar-refractivity contribution < 1.29 is 13.8 Å². The van der Waals surface area contributed by atoms with Crippen LogP contribution in [-0.2, 0) is 17.6 Å². The van der Waals surface area contributed by atoms with Gasteiger partial charge in [-0.05, 0) is 27.2 Å². The third-order valence-corrected chi connectivity index (χ3v) is 3.13. The second kappa shape index (κ2) is 5.26. The van der Waals surface area contributed by atoms with Crippen molar-refractivity contribution in [3.05, 3.63) is 28.3 Å². The summed E-state index contributed by atoms with van der Waals surface area (Å²) in [4.78, 5) is 12.0. The first-order valence-electron chi connectivity index (χ1n) is 6.19. The summed E-state index contributed by atoms with van der Waals surface area (Å²) in [6, 6.07) is 0. The van der Waals surface area contributed by atoms with Crippen molar-refractivity contribution in [3.8, 4) is 0 Å². The van der Waals surface area contributed by atoms with E-state index in [1.165, 1.54) is 0 Å². The Morgan fingerprint density at radius 1 is 1.21 bits per heavy atom. The first-order chi connectivity index (χ1) is 9.02. The van der Waals surface area contributed by atoms with Crippen molar-refractivity contribution in [2.45, 2.75) is 40.5 Å². The maximum Gasteiger partial charge on any atom is 0.234 e. The second-order valence-corrected chi connectivity index (χ2v) is 4.46. The molecule has 0 saturated carbocycles. The van der Waals surface area contributed by atoms with E-state index in [2.05, 4.69) is 15.6 Å². The predicted octanol–water partition coefficient (Wildman–Crippen LogP) is 2.33. The maximum absolute atomic E-state index is 12.0. The highest BCUT2D eigenvalue weighted by molar-refractivity contribution is 5.91. The SMILES string of the molecule is CCc1noc(NC(=O)Cc2c(C)noc2C)c1C. The van der Waals surface area contributed by atoms with E-state index in [0.29, 0.717) is 11.6 Å². The molecule has 0 saturated heterocycles. The van der Waals surface area contributed by atoms with Crippen LogP contribution in [0, 0.1) is 20.8 Å². The van der Waals surface area contributed by atoms with E-state index in [4.69, 9.17) is 9.05 Å². The Kier molecular flexibility index (Phi) is 3.69. The minimum Gasteiger partial charge on any atom is -0.361 e. The zero-order valence-electron chi connectivity index (χ0n) is 11.5. The van der Waals surface area contributed by atoms with Crippen molar-refractivity contribution in [1.29, 1.82) is 0 Å². The van der Waals surface area contributed by atoms with Crippen LogP contribution in [0.1, 0.15) is 35.2 Å². The number of aromatic nitrogens is 2. The van der Waals surface area contributed by atoms with Gasteiger partial charge in [0.05, 0.1) is 17.8 Å². The third kappa shape index (κ3) is 2.67. The molecule has 0 fully saturated rings. The van der Waals surface area contributed by atoms with Crippen LogP contribution >= 0.6 is 0 Å². The van der Waals surface area contributed by atoms with Crippen molar-refractivity contribution in [3.63, 3.8) is 0 Å². The van der Waals surface area contributed by atoms with E-state index in [-0.39, 0.29) is 12.3 Å². The fraction of sp³-hybridized carbons (Fsp3) is 0.462. The van der Waals surface area contributed by atoms with E-state index in [9.17, 15) is 4.79 Å². The molecule has 0 aromatic carbocycles. The number of rotatable bonds is 4. The van der Waals surface area contributed by atoms with Gasteiger partial charge in [0.25, 0.3) is 0 Å². The standard InChI is InChI=1S/C13H17N3O3/c1-5-11-7(2)13(19-16-11)14-12(17)6-10-8(3)15-18-9(10)4/h5-6H2,1-4H3,(H,14,17). The molecular weight excluding hydrogens is 246 g/mol. The summed E-state index contributed by atoms with van der Waals surface area (Å²) in [6.45, 7) is 7.46. The average molecular weight is 263 g/mol. The molecule has 1 amide bonds. The number of amides is 1. The Morgan fingerprint density at radius 2 is 1.95 bits per heavy atom. The zero-order valence-corrected chi connectivity index (χ0v) is 11.5. The summed E-state index contributed by atoms with van der Waals surface area (Å²) in [6.07, 6.45) is 0.984. The Labute approximate surface area is 111 Å². The van der Waals surface area contributed by atoms with Crippen molar-refractivity contribution in [2.75, 3.05) is 5.32 Å². The van der Waals surface area contributed by atoms with Gasteiger partial charge >= 0.3 is 0 Å². The lowest BCUT2D eigenvalue weighted by Gasteiger charge is -2.02. The minimum absolute atomic E-state index is 0.170. The molecule has 2 rings (SSSR count). The summed E-state index contributed by atoms with van der Waals surface area (Å²) < 4.78 is 10.1. The lowest BCUT2D eigenvalue weighted by molar-refractivity contribution is -0.115. The van der Waals surface area contributed by atoms with Crippen LogP contribution in [0.3, 0.4) is 0 Å². The first kappa shape index (κ1) is 13.3. The molecular formula is C13H17N3O3. The van der Waals surface area contributed by atoms with Crippen molar-refractivity contribution in [1.82, 2.24) is 10.3 Å². The quantitative estimate of drug-likeness (QED) is 0.915. The van der Waals surface area contributed by atoms with E-state index < -0.39 is 0 Å². The number of hydrogen-bond acceptors (Lipinski definition) is 5. The Bertz CT molecular complexity index is 579. The molecule has 0 aliphatic heterocycles. The van der Waals surface area contributed by atoms with Gasteiger partial charge in [-0.2, -0.15) is 0 Å². The van der Waals surface area contributed by atoms with Gasteiger partial charge in [-0.3, -0.25) is 10.1 Å². The molecule has 0 bridgehead atoms. The molecule has 102 valence electrons. The number of aryl methyl sites for hydroxylation is 3. The van der Waals surface area contributed by atoms with Gasteiger partial charge in [-0.1, -0.05) is 17.2 Å². The lowest BCUT2D eigenvalue weighted by Crippen LogP contribution is -2.15. The molecule has 2 heterocycles. The molecule has 1 N–H and O–H groups in total. The van der Waals surface area contributed by atoms with Gasteiger partial charge in [0.15, 0.2) is 0 Å².